The third kappa shape index (κ3) is 13.4. The molecular formula is C13H23O3P. The Balaban J connectivity index is 3.14. The first-order chi connectivity index (χ1) is 8.31. The van der Waals surface area contributed by atoms with Gasteiger partial charge >= 0.3 is 91.6 Å². The van der Waals surface area contributed by atoms with Crippen LogP contribution < -0.4 is 0 Å². The number of carbonyl (C=O) groups is 1. The van der Waals surface area contributed by atoms with E-state index in [0.717, 1.165) is 12.8 Å². The van der Waals surface area contributed by atoms with E-state index < -0.39 is 0 Å². The molecule has 0 radical (unpaired) electrons. The second-order valence-electron chi connectivity index (χ2n) is 4.12. The summed E-state index contributed by atoms with van der Waals surface area (Å²) in [6.45, 7) is 2.70. The van der Waals surface area contributed by atoms with Crippen molar-refractivity contribution in [2.45, 2.75) is 64.7 Å². The van der Waals surface area contributed by atoms with Crippen LogP contribution in [0.25, 0.3) is 0 Å². The van der Waals surface area contributed by atoms with Crippen LogP contribution in [0, 0.1) is 5.63 Å². The molecule has 0 saturated heterocycles. The summed E-state index contributed by atoms with van der Waals surface area (Å²) in [6, 6.07) is 0. The molecule has 0 fully saturated rings. The molecule has 98 valence electrons. The summed E-state index contributed by atoms with van der Waals surface area (Å²) in [6.07, 6.45) is 9.84. The van der Waals surface area contributed by atoms with Gasteiger partial charge in [0.15, 0.2) is 0 Å². The zero-order valence-corrected chi connectivity index (χ0v) is 11.6. The summed E-state index contributed by atoms with van der Waals surface area (Å²) in [4.78, 5) is 11.0. The molecule has 0 saturated carbocycles. The van der Waals surface area contributed by atoms with Gasteiger partial charge < -0.3 is 0 Å². The molecule has 0 amide bonds. The van der Waals surface area contributed by atoms with Crippen molar-refractivity contribution >= 4 is 13.9 Å². The normalized spacial score (nSPS) is 9.71. The summed E-state index contributed by atoms with van der Waals surface area (Å²) in [5, 5.41) is 0. The fourth-order valence-corrected chi connectivity index (χ4v) is 1.76. The van der Waals surface area contributed by atoms with Crippen LogP contribution >= 0.6 is 7.92 Å². The predicted octanol–water partition coefficient (Wildman–Crippen LogP) is 4.31. The van der Waals surface area contributed by atoms with Crippen molar-refractivity contribution in [3.63, 3.8) is 0 Å². The van der Waals surface area contributed by atoms with Gasteiger partial charge in [-0.15, -0.1) is 0 Å². The van der Waals surface area contributed by atoms with Crippen LogP contribution in [0.4, 0.5) is 0 Å². The molecule has 0 bridgehead atoms. The van der Waals surface area contributed by atoms with E-state index >= 15 is 0 Å². The Kier molecular flexibility index (Phi) is 13.1. The standard InChI is InChI=1S/C13H23O3P/c1-2-3-4-5-6-7-8-9-11-16-13(14)10-12-17-15/h2-11H2,1H3. The first-order valence-electron chi connectivity index (χ1n) is 6.52. The minimum atomic E-state index is -0.337. The number of carbonyl (C=O) groups excluding carboxylic acids is 1. The van der Waals surface area contributed by atoms with Gasteiger partial charge in [0.25, 0.3) is 0 Å². The van der Waals surface area contributed by atoms with Crippen LogP contribution in [0.2, 0.25) is 0 Å². The van der Waals surface area contributed by atoms with Crippen molar-refractivity contribution in [1.82, 2.24) is 0 Å². The van der Waals surface area contributed by atoms with Crippen LogP contribution in [0.3, 0.4) is 0 Å². The summed E-state index contributed by atoms with van der Waals surface area (Å²) < 4.78 is 15.0. The number of hydrogen-bond acceptors (Lipinski definition) is 3. The minimum absolute atomic E-state index is 0.0159. The van der Waals surface area contributed by atoms with Crippen molar-refractivity contribution in [3.05, 3.63) is 0 Å². The molecule has 4 heteroatoms. The fraction of sp³-hybridized carbons (Fsp3) is 0.846. The van der Waals surface area contributed by atoms with E-state index in [1.807, 2.05) is 0 Å². The molecule has 3 nitrogen and oxygen atoms in total. The Morgan fingerprint density at radius 2 is 1.65 bits per heavy atom. The molecule has 0 spiro atoms. The fourth-order valence-electron chi connectivity index (χ4n) is 1.57. The summed E-state index contributed by atoms with van der Waals surface area (Å²) in [7, 11) is -0.230. The van der Waals surface area contributed by atoms with Crippen molar-refractivity contribution in [2.24, 2.45) is 0 Å². The third-order valence-electron chi connectivity index (χ3n) is 2.55. The van der Waals surface area contributed by atoms with Gasteiger partial charge in [-0.1, -0.05) is 13.3 Å². The molecule has 0 atom stereocenters. The first kappa shape index (κ1) is 16.5. The molecule has 0 aliphatic rings. The van der Waals surface area contributed by atoms with E-state index in [1.165, 1.54) is 38.5 Å². The molecule has 17 heavy (non-hydrogen) atoms. The molecule has 0 heterocycles. The number of rotatable bonds is 10. The van der Waals surface area contributed by atoms with Crippen molar-refractivity contribution in [1.29, 1.82) is 0 Å². The van der Waals surface area contributed by atoms with E-state index in [4.69, 9.17) is 4.74 Å². The second-order valence-corrected chi connectivity index (χ2v) is 4.62. The quantitative estimate of drug-likeness (QED) is 0.333. The zero-order chi connectivity index (χ0) is 12.8. The first-order valence-corrected chi connectivity index (χ1v) is 7.33. The second kappa shape index (κ2) is 13.5. The predicted molar refractivity (Wildman–Crippen MR) is 69.7 cm³/mol. The van der Waals surface area contributed by atoms with Crippen LogP contribution in [0.5, 0.6) is 0 Å². The molecule has 0 unspecified atom stereocenters. The van der Waals surface area contributed by atoms with Crippen LogP contribution in [0.15, 0.2) is 0 Å². The molecule has 0 aromatic heterocycles. The van der Waals surface area contributed by atoms with Crippen molar-refractivity contribution in [3.8, 4) is 5.63 Å². The van der Waals surface area contributed by atoms with Crippen LogP contribution in [-0.2, 0) is 14.1 Å². The Morgan fingerprint density at radius 1 is 1.06 bits per heavy atom. The Labute approximate surface area is 105 Å². The van der Waals surface area contributed by atoms with Gasteiger partial charge in [-0.25, -0.2) is 0 Å². The summed E-state index contributed by atoms with van der Waals surface area (Å²) in [5.41, 5.74) is 2.37. The number of hydrogen-bond donors (Lipinski definition) is 0. The van der Waals surface area contributed by atoms with Gasteiger partial charge in [-0.3, -0.25) is 0 Å². The molecule has 0 aromatic rings. The summed E-state index contributed by atoms with van der Waals surface area (Å²) in [5.74, 6) is -0.337. The van der Waals surface area contributed by atoms with Gasteiger partial charge in [-0.05, 0) is 0 Å². The van der Waals surface area contributed by atoms with E-state index in [-0.39, 0.29) is 20.3 Å². The average molecular weight is 258 g/mol. The molecule has 0 aliphatic heterocycles. The Hall–Kier alpha value is -0.520. The average Bonchev–Trinajstić information content (AvgIpc) is 2.34. The van der Waals surface area contributed by atoms with Gasteiger partial charge in [0.1, 0.15) is 0 Å². The van der Waals surface area contributed by atoms with Crippen LogP contribution in [0.1, 0.15) is 64.7 Å². The molecule has 0 rings (SSSR count). The van der Waals surface area contributed by atoms with Crippen molar-refractivity contribution in [2.75, 3.05) is 6.61 Å². The van der Waals surface area contributed by atoms with Gasteiger partial charge in [0.2, 0.25) is 0 Å². The Bertz CT molecular complexity index is 282. The summed E-state index contributed by atoms with van der Waals surface area (Å²) >= 11 is 0. The molecule has 0 aromatic carbocycles. The van der Waals surface area contributed by atoms with Crippen LogP contribution in [-0.4, -0.2) is 12.6 Å². The SMILES string of the molecule is CCCCCCCCCCOC(=O)CC#P=O. The number of esters is 1. The molecular weight excluding hydrogens is 235 g/mol. The van der Waals surface area contributed by atoms with E-state index in [9.17, 15) is 9.36 Å². The van der Waals surface area contributed by atoms with E-state index in [2.05, 4.69) is 12.6 Å². The maximum atomic E-state index is 11.0. The number of ether oxygens (including phenoxy) is 1. The topological polar surface area (TPSA) is 43.4 Å². The van der Waals surface area contributed by atoms with Crippen molar-refractivity contribution < 1.29 is 14.1 Å². The van der Waals surface area contributed by atoms with Gasteiger partial charge in [-0.2, -0.15) is 0 Å². The molecule has 0 aliphatic carbocycles. The number of unbranched alkanes of at least 4 members (excludes halogenated alkanes) is 7. The van der Waals surface area contributed by atoms with Gasteiger partial charge in [0, 0.05) is 0 Å². The van der Waals surface area contributed by atoms with E-state index in [1.54, 1.807) is 0 Å². The third-order valence-corrected chi connectivity index (χ3v) is 2.84. The van der Waals surface area contributed by atoms with E-state index in [0.29, 0.717) is 6.61 Å². The Morgan fingerprint density at radius 3 is 2.24 bits per heavy atom. The maximum absolute atomic E-state index is 11.0. The molecule has 0 N–H and O–H groups in total. The van der Waals surface area contributed by atoms with Gasteiger partial charge in [0.05, 0.1) is 0 Å². The monoisotopic (exact) mass is 258 g/mol. The zero-order valence-electron chi connectivity index (χ0n) is 10.7.